The Morgan fingerprint density at radius 1 is 1.16 bits per heavy atom. The van der Waals surface area contributed by atoms with Gasteiger partial charge in [0.15, 0.2) is 0 Å². The molecule has 132 valence electrons. The lowest BCUT2D eigenvalue weighted by Crippen LogP contribution is -2.56. The lowest BCUT2D eigenvalue weighted by Gasteiger charge is -2.59. The Labute approximate surface area is 149 Å². The molecule has 0 aliphatic heterocycles. The number of hydrogen-bond donors (Lipinski definition) is 2. The minimum atomic E-state index is 0.175. The predicted molar refractivity (Wildman–Crippen MR) is 100 cm³/mol. The number of aromatic nitrogens is 1. The second kappa shape index (κ2) is 5.62. The average Bonchev–Trinajstić information content (AvgIpc) is 3.01. The van der Waals surface area contributed by atoms with Gasteiger partial charge in [-0.1, -0.05) is 12.1 Å². The fourth-order valence-electron chi connectivity index (χ4n) is 6.54. The van der Waals surface area contributed by atoms with Gasteiger partial charge in [0.2, 0.25) is 5.91 Å². The molecule has 1 atom stereocenters. The van der Waals surface area contributed by atoms with Gasteiger partial charge in [0, 0.05) is 17.8 Å². The molecule has 4 aliphatic rings. The summed E-state index contributed by atoms with van der Waals surface area (Å²) in [6.07, 6.45) is 10.8. The zero-order valence-corrected chi connectivity index (χ0v) is 15.1. The molecule has 1 aromatic heterocycles. The number of carbonyl (C=O) groups is 1. The van der Waals surface area contributed by atoms with Crippen molar-refractivity contribution in [2.24, 2.45) is 23.2 Å². The molecule has 25 heavy (non-hydrogen) atoms. The van der Waals surface area contributed by atoms with Crippen molar-refractivity contribution in [2.75, 3.05) is 0 Å². The average molecular weight is 336 g/mol. The van der Waals surface area contributed by atoms with Crippen LogP contribution in [0, 0.1) is 23.2 Å². The van der Waals surface area contributed by atoms with Crippen LogP contribution in [0.15, 0.2) is 30.5 Å². The van der Waals surface area contributed by atoms with Gasteiger partial charge < -0.3 is 10.3 Å². The summed E-state index contributed by atoms with van der Waals surface area (Å²) in [4.78, 5) is 15.9. The molecule has 0 saturated heterocycles. The topological polar surface area (TPSA) is 44.9 Å². The quantitative estimate of drug-likeness (QED) is 0.852. The van der Waals surface area contributed by atoms with Crippen molar-refractivity contribution in [2.45, 2.75) is 57.9 Å². The van der Waals surface area contributed by atoms with E-state index in [2.05, 4.69) is 41.5 Å². The third-order valence-corrected chi connectivity index (χ3v) is 7.37. The number of fused-ring (bicyclic) bond motifs is 1. The number of nitrogens with one attached hydrogen (secondary N) is 2. The Hall–Kier alpha value is -1.77. The van der Waals surface area contributed by atoms with Gasteiger partial charge in [0.05, 0.1) is 6.42 Å². The van der Waals surface area contributed by atoms with Crippen molar-refractivity contribution in [1.29, 1.82) is 0 Å². The molecule has 3 heteroatoms. The lowest BCUT2D eigenvalue weighted by atomic mass is 9.48. The van der Waals surface area contributed by atoms with E-state index in [1.165, 1.54) is 43.9 Å². The molecule has 1 unspecified atom stereocenters. The van der Waals surface area contributed by atoms with Gasteiger partial charge in [0.25, 0.3) is 0 Å². The fourth-order valence-corrected chi connectivity index (χ4v) is 6.54. The van der Waals surface area contributed by atoms with Crippen LogP contribution in [0.3, 0.4) is 0 Å². The highest BCUT2D eigenvalue weighted by atomic mass is 16.1. The summed E-state index contributed by atoms with van der Waals surface area (Å²) in [5.41, 5.74) is 2.58. The summed E-state index contributed by atoms with van der Waals surface area (Å²) in [6.45, 7) is 2.26. The summed E-state index contributed by atoms with van der Waals surface area (Å²) >= 11 is 0. The van der Waals surface area contributed by atoms with Crippen molar-refractivity contribution >= 4 is 16.8 Å². The molecule has 0 radical (unpaired) electrons. The zero-order valence-electron chi connectivity index (χ0n) is 15.1. The normalized spacial score (nSPS) is 34.4. The highest BCUT2D eigenvalue weighted by Gasteiger charge is 2.53. The molecule has 4 aliphatic carbocycles. The molecule has 4 fully saturated rings. The van der Waals surface area contributed by atoms with E-state index in [0.717, 1.165) is 28.8 Å². The third kappa shape index (κ3) is 2.68. The van der Waals surface area contributed by atoms with E-state index < -0.39 is 0 Å². The van der Waals surface area contributed by atoms with E-state index in [0.29, 0.717) is 17.9 Å². The molecule has 2 aromatic rings. The van der Waals surface area contributed by atoms with Gasteiger partial charge in [-0.15, -0.1) is 0 Å². The van der Waals surface area contributed by atoms with Crippen molar-refractivity contribution < 1.29 is 4.79 Å². The number of hydrogen-bond acceptors (Lipinski definition) is 1. The van der Waals surface area contributed by atoms with Crippen LogP contribution in [0.2, 0.25) is 0 Å². The summed E-state index contributed by atoms with van der Waals surface area (Å²) in [7, 11) is 0. The van der Waals surface area contributed by atoms with Crippen molar-refractivity contribution in [3.05, 3.63) is 36.0 Å². The van der Waals surface area contributed by atoms with Gasteiger partial charge in [-0.2, -0.15) is 0 Å². The third-order valence-electron chi connectivity index (χ3n) is 7.37. The number of benzene rings is 1. The Morgan fingerprint density at radius 2 is 1.84 bits per heavy atom. The van der Waals surface area contributed by atoms with Crippen LogP contribution in [0.4, 0.5) is 0 Å². The first kappa shape index (κ1) is 15.5. The first-order valence-electron chi connectivity index (χ1n) is 9.95. The number of aromatic amines is 1. The fraction of sp³-hybridized carbons (Fsp3) is 0.591. The van der Waals surface area contributed by atoms with Gasteiger partial charge in [-0.25, -0.2) is 0 Å². The summed E-state index contributed by atoms with van der Waals surface area (Å²) < 4.78 is 0. The summed E-state index contributed by atoms with van der Waals surface area (Å²) in [5.74, 6) is 2.97. The SMILES string of the molecule is CC(NC(=O)Cc1ccc2cc[nH]c2c1)C12CC3CC(CC(C3)C1)C2. The van der Waals surface area contributed by atoms with Crippen molar-refractivity contribution in [3.63, 3.8) is 0 Å². The van der Waals surface area contributed by atoms with E-state index in [1.54, 1.807) is 0 Å². The van der Waals surface area contributed by atoms with Crippen LogP contribution in [0.5, 0.6) is 0 Å². The number of amides is 1. The molecule has 4 bridgehead atoms. The maximum atomic E-state index is 12.7. The number of carbonyl (C=O) groups excluding carboxylic acids is 1. The van der Waals surface area contributed by atoms with Crippen LogP contribution in [0.1, 0.15) is 51.0 Å². The van der Waals surface area contributed by atoms with E-state index in [4.69, 9.17) is 0 Å². The smallest absolute Gasteiger partial charge is 0.224 e. The Morgan fingerprint density at radius 3 is 2.52 bits per heavy atom. The molecule has 0 spiro atoms. The maximum absolute atomic E-state index is 12.7. The predicted octanol–water partition coefficient (Wildman–Crippen LogP) is 4.43. The first-order valence-corrected chi connectivity index (χ1v) is 9.95. The lowest BCUT2D eigenvalue weighted by molar-refractivity contribution is -0.125. The zero-order chi connectivity index (χ0) is 17.0. The second-order valence-electron chi connectivity index (χ2n) is 9.15. The number of H-pyrrole nitrogens is 1. The number of rotatable bonds is 4. The molecular weight excluding hydrogens is 308 g/mol. The highest BCUT2D eigenvalue weighted by molar-refractivity contribution is 5.83. The minimum absolute atomic E-state index is 0.175. The summed E-state index contributed by atoms with van der Waals surface area (Å²) in [6, 6.07) is 8.64. The van der Waals surface area contributed by atoms with Crippen LogP contribution < -0.4 is 5.32 Å². The van der Waals surface area contributed by atoms with Crippen molar-refractivity contribution in [1.82, 2.24) is 10.3 Å². The second-order valence-corrected chi connectivity index (χ2v) is 9.15. The van der Waals surface area contributed by atoms with Crippen LogP contribution >= 0.6 is 0 Å². The molecule has 2 N–H and O–H groups in total. The van der Waals surface area contributed by atoms with Gasteiger partial charge in [-0.05, 0) is 91.7 Å². The van der Waals surface area contributed by atoms with Gasteiger partial charge >= 0.3 is 0 Å². The maximum Gasteiger partial charge on any atom is 0.224 e. The van der Waals surface area contributed by atoms with Gasteiger partial charge in [-0.3, -0.25) is 4.79 Å². The molecular formula is C22H28N2O. The monoisotopic (exact) mass is 336 g/mol. The van der Waals surface area contributed by atoms with Crippen LogP contribution in [-0.2, 0) is 11.2 Å². The van der Waals surface area contributed by atoms with E-state index >= 15 is 0 Å². The Bertz CT molecular complexity index is 770. The largest absolute Gasteiger partial charge is 0.361 e. The standard InChI is InChI=1S/C22H28N2O/c1-14(22-11-16-6-17(12-22)8-18(7-16)13-22)24-21(25)10-15-2-3-19-4-5-23-20(19)9-15/h2-5,9,14,16-18,23H,6-8,10-13H2,1H3,(H,24,25). The molecule has 6 rings (SSSR count). The molecule has 4 saturated carbocycles. The van der Waals surface area contributed by atoms with E-state index in [1.807, 2.05) is 6.20 Å². The molecule has 1 amide bonds. The van der Waals surface area contributed by atoms with E-state index in [9.17, 15) is 4.79 Å². The molecule has 3 nitrogen and oxygen atoms in total. The van der Waals surface area contributed by atoms with Crippen molar-refractivity contribution in [3.8, 4) is 0 Å². The molecule has 1 heterocycles. The van der Waals surface area contributed by atoms with Crippen LogP contribution in [-0.4, -0.2) is 16.9 Å². The Balaban J connectivity index is 1.27. The molecule has 1 aromatic carbocycles. The first-order chi connectivity index (χ1) is 12.1. The van der Waals surface area contributed by atoms with Gasteiger partial charge in [0.1, 0.15) is 0 Å². The minimum Gasteiger partial charge on any atom is -0.361 e. The van der Waals surface area contributed by atoms with E-state index in [-0.39, 0.29) is 5.91 Å². The Kier molecular flexibility index (Phi) is 3.48. The highest BCUT2D eigenvalue weighted by Crippen LogP contribution is 2.61. The summed E-state index contributed by atoms with van der Waals surface area (Å²) in [5, 5.41) is 4.58. The van der Waals surface area contributed by atoms with Crippen LogP contribution in [0.25, 0.3) is 10.9 Å².